The Hall–Kier alpha value is -2.09. The molecule has 9 heteroatoms. The lowest BCUT2D eigenvalue weighted by Crippen LogP contribution is -2.27. The highest BCUT2D eigenvalue weighted by atomic mass is 35.5. The van der Waals surface area contributed by atoms with Gasteiger partial charge >= 0.3 is 0 Å². The third kappa shape index (κ3) is 5.47. The number of nitrogens with one attached hydrogen (secondary N) is 2. The first-order chi connectivity index (χ1) is 12.8. The van der Waals surface area contributed by atoms with Gasteiger partial charge in [0.15, 0.2) is 9.84 Å². The summed E-state index contributed by atoms with van der Waals surface area (Å²) in [4.78, 5) is 24.6. The van der Waals surface area contributed by atoms with Crippen LogP contribution in [0.15, 0.2) is 41.3 Å². The van der Waals surface area contributed by atoms with Gasteiger partial charge in [-0.3, -0.25) is 9.59 Å². The van der Waals surface area contributed by atoms with Crippen molar-refractivity contribution in [2.45, 2.75) is 25.7 Å². The molecule has 0 heterocycles. The maximum atomic E-state index is 12.4. The van der Waals surface area contributed by atoms with Crippen LogP contribution in [0.2, 0.25) is 10.0 Å². The van der Waals surface area contributed by atoms with Crippen LogP contribution in [0, 0.1) is 5.41 Å². The molecule has 2 aromatic carbocycles. The van der Waals surface area contributed by atoms with Crippen molar-refractivity contribution < 1.29 is 18.0 Å². The Morgan fingerprint density at radius 1 is 0.929 bits per heavy atom. The largest absolute Gasteiger partial charge is 0.326 e. The number of carbonyl (C=O) groups excluding carboxylic acids is 2. The van der Waals surface area contributed by atoms with Crippen molar-refractivity contribution >= 4 is 56.2 Å². The van der Waals surface area contributed by atoms with Crippen molar-refractivity contribution in [2.75, 3.05) is 16.9 Å². The lowest BCUT2D eigenvalue weighted by atomic mass is 9.95. The van der Waals surface area contributed by atoms with Crippen LogP contribution in [-0.4, -0.2) is 26.5 Å². The first kappa shape index (κ1) is 22.2. The molecular formula is C19H20Cl2N2O4S. The molecule has 0 aromatic heterocycles. The average molecular weight is 443 g/mol. The van der Waals surface area contributed by atoms with Gasteiger partial charge in [0.05, 0.1) is 20.6 Å². The molecule has 0 saturated carbocycles. The van der Waals surface area contributed by atoms with Crippen LogP contribution in [0.4, 0.5) is 11.4 Å². The monoisotopic (exact) mass is 442 g/mol. The van der Waals surface area contributed by atoms with Gasteiger partial charge in [0, 0.05) is 22.9 Å². The van der Waals surface area contributed by atoms with Crippen molar-refractivity contribution in [3.63, 3.8) is 0 Å². The molecule has 0 aliphatic heterocycles. The van der Waals surface area contributed by atoms with E-state index >= 15 is 0 Å². The fourth-order valence-electron chi connectivity index (χ4n) is 2.12. The maximum absolute atomic E-state index is 12.4. The van der Waals surface area contributed by atoms with E-state index in [1.165, 1.54) is 36.4 Å². The second-order valence-corrected chi connectivity index (χ2v) is 10.1. The molecule has 150 valence electrons. The zero-order valence-electron chi connectivity index (χ0n) is 15.8. The molecule has 0 saturated heterocycles. The van der Waals surface area contributed by atoms with Gasteiger partial charge in [0.2, 0.25) is 5.91 Å². The number of sulfone groups is 1. The first-order valence-corrected chi connectivity index (χ1v) is 10.9. The lowest BCUT2D eigenvalue weighted by molar-refractivity contribution is -0.123. The summed E-state index contributed by atoms with van der Waals surface area (Å²) in [6.45, 7) is 5.32. The topological polar surface area (TPSA) is 92.3 Å². The van der Waals surface area contributed by atoms with Gasteiger partial charge in [-0.1, -0.05) is 44.0 Å². The van der Waals surface area contributed by atoms with E-state index in [1.807, 2.05) is 0 Å². The Labute approximate surface area is 174 Å². The first-order valence-electron chi connectivity index (χ1n) is 8.21. The summed E-state index contributed by atoms with van der Waals surface area (Å²) in [6.07, 6.45) is 1.08. The fourth-order valence-corrected chi connectivity index (χ4v) is 3.33. The number of halogens is 2. The Morgan fingerprint density at radius 2 is 1.43 bits per heavy atom. The highest BCUT2D eigenvalue weighted by Crippen LogP contribution is 2.34. The van der Waals surface area contributed by atoms with E-state index in [4.69, 9.17) is 23.2 Å². The van der Waals surface area contributed by atoms with E-state index in [9.17, 15) is 18.0 Å². The van der Waals surface area contributed by atoms with Gasteiger partial charge in [0.1, 0.15) is 0 Å². The van der Waals surface area contributed by atoms with Gasteiger partial charge in [-0.05, 0) is 36.4 Å². The number of carbonyl (C=O) groups is 2. The summed E-state index contributed by atoms with van der Waals surface area (Å²) in [5.74, 6) is -0.710. The molecule has 0 fully saturated rings. The van der Waals surface area contributed by atoms with Crippen LogP contribution in [0.5, 0.6) is 0 Å². The van der Waals surface area contributed by atoms with E-state index in [2.05, 4.69) is 10.6 Å². The van der Waals surface area contributed by atoms with Crippen molar-refractivity contribution in [3.05, 3.63) is 52.0 Å². The quantitative estimate of drug-likeness (QED) is 0.721. The highest BCUT2D eigenvalue weighted by molar-refractivity contribution is 7.90. The van der Waals surface area contributed by atoms with Gasteiger partial charge in [-0.15, -0.1) is 0 Å². The number of hydrogen-bond acceptors (Lipinski definition) is 4. The molecule has 2 amide bonds. The molecule has 28 heavy (non-hydrogen) atoms. The summed E-state index contributed by atoms with van der Waals surface area (Å²) >= 11 is 12.4. The van der Waals surface area contributed by atoms with E-state index in [0.29, 0.717) is 5.69 Å². The van der Waals surface area contributed by atoms with Crippen LogP contribution >= 0.6 is 23.2 Å². The Bertz CT molecular complexity index is 1000. The van der Waals surface area contributed by atoms with E-state index < -0.39 is 21.2 Å². The molecule has 0 bridgehead atoms. The average Bonchev–Trinajstić information content (AvgIpc) is 2.56. The summed E-state index contributed by atoms with van der Waals surface area (Å²) in [5.41, 5.74) is 0.244. The SMILES string of the molecule is CC(C)(C)C(=O)Nc1cc(Cl)c(NC(=O)c2ccc(S(C)(=O)=O)cc2)c(Cl)c1. The Morgan fingerprint density at radius 3 is 1.86 bits per heavy atom. The van der Waals surface area contributed by atoms with E-state index in [0.717, 1.165) is 6.26 Å². The van der Waals surface area contributed by atoms with Crippen molar-refractivity contribution in [2.24, 2.45) is 5.41 Å². The number of rotatable bonds is 4. The molecule has 0 aliphatic rings. The normalized spacial score (nSPS) is 11.8. The molecule has 0 aliphatic carbocycles. The number of hydrogen-bond donors (Lipinski definition) is 2. The highest BCUT2D eigenvalue weighted by Gasteiger charge is 2.22. The summed E-state index contributed by atoms with van der Waals surface area (Å²) in [7, 11) is -3.35. The Kier molecular flexibility index (Phi) is 6.43. The van der Waals surface area contributed by atoms with E-state index in [-0.39, 0.29) is 32.1 Å². The van der Waals surface area contributed by atoms with Gasteiger partial charge in [-0.2, -0.15) is 0 Å². The molecular weight excluding hydrogens is 423 g/mol. The minimum Gasteiger partial charge on any atom is -0.326 e. The van der Waals surface area contributed by atoms with Gasteiger partial charge in [0.25, 0.3) is 5.91 Å². The third-order valence-corrected chi connectivity index (χ3v) is 5.49. The zero-order valence-corrected chi connectivity index (χ0v) is 18.1. The van der Waals surface area contributed by atoms with Crippen molar-refractivity contribution in [1.29, 1.82) is 0 Å². The van der Waals surface area contributed by atoms with Gasteiger partial charge in [-0.25, -0.2) is 8.42 Å². The van der Waals surface area contributed by atoms with Crippen LogP contribution < -0.4 is 10.6 Å². The summed E-state index contributed by atoms with van der Waals surface area (Å²) in [5, 5.41) is 5.62. The molecule has 0 radical (unpaired) electrons. The molecule has 2 N–H and O–H groups in total. The smallest absolute Gasteiger partial charge is 0.255 e. The van der Waals surface area contributed by atoms with Crippen molar-refractivity contribution in [3.8, 4) is 0 Å². The second kappa shape index (κ2) is 8.11. The molecule has 0 spiro atoms. The summed E-state index contributed by atoms with van der Waals surface area (Å²) in [6, 6.07) is 8.45. The number of benzene rings is 2. The second-order valence-electron chi connectivity index (χ2n) is 7.27. The van der Waals surface area contributed by atoms with Crippen LogP contribution in [-0.2, 0) is 14.6 Å². The molecule has 0 atom stereocenters. The standard InChI is InChI=1S/C19H20Cl2N2O4S/c1-19(2,3)18(25)22-12-9-14(20)16(15(21)10-12)23-17(24)11-5-7-13(8-6-11)28(4,26)27/h5-10H,1-4H3,(H,22,25)(H,23,24). The van der Waals surface area contributed by atoms with Crippen LogP contribution in [0.1, 0.15) is 31.1 Å². The summed E-state index contributed by atoms with van der Waals surface area (Å²) < 4.78 is 23.0. The van der Waals surface area contributed by atoms with E-state index in [1.54, 1.807) is 20.8 Å². The zero-order chi connectivity index (χ0) is 21.3. The molecule has 0 unspecified atom stereocenters. The number of amides is 2. The molecule has 2 rings (SSSR count). The van der Waals surface area contributed by atoms with Crippen LogP contribution in [0.25, 0.3) is 0 Å². The predicted octanol–water partition coefficient (Wildman–Crippen LogP) is 4.63. The molecule has 6 nitrogen and oxygen atoms in total. The fraction of sp³-hybridized carbons (Fsp3) is 0.263. The maximum Gasteiger partial charge on any atom is 0.255 e. The van der Waals surface area contributed by atoms with Gasteiger partial charge < -0.3 is 10.6 Å². The predicted molar refractivity (Wildman–Crippen MR) is 112 cm³/mol. The number of anilines is 2. The Balaban J connectivity index is 2.22. The minimum absolute atomic E-state index is 0.110. The van der Waals surface area contributed by atoms with Crippen LogP contribution in [0.3, 0.4) is 0 Å². The van der Waals surface area contributed by atoms with Crippen molar-refractivity contribution in [1.82, 2.24) is 0 Å². The molecule has 2 aromatic rings. The minimum atomic E-state index is -3.35. The lowest BCUT2D eigenvalue weighted by Gasteiger charge is -2.18. The third-order valence-electron chi connectivity index (χ3n) is 3.76.